The van der Waals surface area contributed by atoms with E-state index >= 15 is 0 Å². The van der Waals surface area contributed by atoms with E-state index in [9.17, 15) is 4.79 Å². The van der Waals surface area contributed by atoms with Crippen molar-refractivity contribution >= 4 is 18.3 Å². The standard InChI is InChI=1S/C19H21N7O.ClH/c1-14(26-23-18(22-24-26)15-6-3-2-4-7-15)19(27)25-11-10-21-13-17(25)16-8-5-9-20-12-16;/h2-9,12,14,17,21H,10-11,13H2,1H3;1H. The first kappa shape index (κ1) is 19.9. The number of nitrogens with zero attached hydrogens (tertiary/aromatic N) is 6. The second-order valence-corrected chi connectivity index (χ2v) is 6.51. The lowest BCUT2D eigenvalue weighted by Gasteiger charge is -2.37. The maximum absolute atomic E-state index is 13.2. The molecule has 0 spiro atoms. The number of tetrazole rings is 1. The zero-order chi connectivity index (χ0) is 18.6. The van der Waals surface area contributed by atoms with Crippen LogP contribution >= 0.6 is 12.4 Å². The van der Waals surface area contributed by atoms with Gasteiger partial charge in [0.15, 0.2) is 0 Å². The van der Waals surface area contributed by atoms with Gasteiger partial charge in [0.1, 0.15) is 6.04 Å². The van der Waals surface area contributed by atoms with Crippen LogP contribution in [0.2, 0.25) is 0 Å². The second-order valence-electron chi connectivity index (χ2n) is 6.51. The molecule has 2 unspecified atom stereocenters. The number of carbonyl (C=O) groups is 1. The Morgan fingerprint density at radius 3 is 2.79 bits per heavy atom. The fourth-order valence-electron chi connectivity index (χ4n) is 3.27. The third-order valence-corrected chi connectivity index (χ3v) is 4.76. The van der Waals surface area contributed by atoms with E-state index in [1.165, 1.54) is 4.80 Å². The van der Waals surface area contributed by atoms with Gasteiger partial charge in [-0.2, -0.15) is 4.80 Å². The van der Waals surface area contributed by atoms with Crippen LogP contribution in [0.25, 0.3) is 11.4 Å². The molecule has 0 saturated carbocycles. The van der Waals surface area contributed by atoms with E-state index in [2.05, 4.69) is 25.7 Å². The van der Waals surface area contributed by atoms with Crippen LogP contribution in [-0.2, 0) is 4.79 Å². The molecule has 1 saturated heterocycles. The van der Waals surface area contributed by atoms with E-state index in [1.54, 1.807) is 13.1 Å². The van der Waals surface area contributed by atoms with Crippen LogP contribution in [0.4, 0.5) is 0 Å². The summed E-state index contributed by atoms with van der Waals surface area (Å²) in [6.07, 6.45) is 3.54. The maximum Gasteiger partial charge on any atom is 0.249 e. The average molecular weight is 400 g/mol. The number of amides is 1. The Balaban J connectivity index is 0.00000225. The number of aromatic nitrogens is 5. The Morgan fingerprint density at radius 1 is 1.21 bits per heavy atom. The third-order valence-electron chi connectivity index (χ3n) is 4.76. The Morgan fingerprint density at radius 2 is 2.04 bits per heavy atom. The monoisotopic (exact) mass is 399 g/mol. The highest BCUT2D eigenvalue weighted by molar-refractivity contribution is 5.85. The molecule has 4 rings (SSSR count). The Bertz CT molecular complexity index is 903. The lowest BCUT2D eigenvalue weighted by Crippen LogP contribution is -2.50. The van der Waals surface area contributed by atoms with Crippen LogP contribution in [-0.4, -0.2) is 55.6 Å². The van der Waals surface area contributed by atoms with E-state index < -0.39 is 6.04 Å². The molecule has 2 atom stereocenters. The molecule has 1 amide bonds. The zero-order valence-corrected chi connectivity index (χ0v) is 16.3. The summed E-state index contributed by atoms with van der Waals surface area (Å²) in [6.45, 7) is 3.89. The van der Waals surface area contributed by atoms with E-state index in [1.807, 2.05) is 53.6 Å². The molecule has 3 heterocycles. The van der Waals surface area contributed by atoms with Gasteiger partial charge in [0.2, 0.25) is 11.7 Å². The molecule has 0 bridgehead atoms. The summed E-state index contributed by atoms with van der Waals surface area (Å²) >= 11 is 0. The van der Waals surface area contributed by atoms with E-state index in [0.717, 1.165) is 17.7 Å². The summed E-state index contributed by atoms with van der Waals surface area (Å²) in [7, 11) is 0. The summed E-state index contributed by atoms with van der Waals surface area (Å²) in [6, 6.07) is 12.9. The lowest BCUT2D eigenvalue weighted by atomic mass is 10.0. The van der Waals surface area contributed by atoms with Crippen LogP contribution < -0.4 is 5.32 Å². The molecule has 1 fully saturated rings. The molecule has 1 N–H and O–H groups in total. The van der Waals surface area contributed by atoms with Gasteiger partial charge < -0.3 is 10.2 Å². The van der Waals surface area contributed by atoms with E-state index in [0.29, 0.717) is 18.9 Å². The van der Waals surface area contributed by atoms with Gasteiger partial charge >= 0.3 is 0 Å². The average Bonchev–Trinajstić information content (AvgIpc) is 3.24. The van der Waals surface area contributed by atoms with Gasteiger partial charge in [0.25, 0.3) is 0 Å². The SMILES string of the molecule is CC(C(=O)N1CCNCC1c1cccnc1)n1nnc(-c2ccccc2)n1.Cl. The molecule has 0 radical (unpaired) electrons. The molecule has 9 heteroatoms. The molecule has 2 aromatic heterocycles. The Kier molecular flexibility index (Phi) is 6.33. The second kappa shape index (κ2) is 8.90. The molecule has 3 aromatic rings. The minimum atomic E-state index is -0.535. The minimum absolute atomic E-state index is 0. The van der Waals surface area contributed by atoms with Gasteiger partial charge in [0.05, 0.1) is 6.04 Å². The number of carbonyl (C=O) groups excluding carboxylic acids is 1. The molecule has 8 nitrogen and oxygen atoms in total. The number of hydrogen-bond acceptors (Lipinski definition) is 6. The van der Waals surface area contributed by atoms with Crippen molar-refractivity contribution in [3.63, 3.8) is 0 Å². The van der Waals surface area contributed by atoms with Crippen molar-refractivity contribution in [2.45, 2.75) is 19.0 Å². The fraction of sp³-hybridized carbons (Fsp3) is 0.316. The quantitative estimate of drug-likeness (QED) is 0.720. The van der Waals surface area contributed by atoms with Crippen molar-refractivity contribution in [2.24, 2.45) is 0 Å². The minimum Gasteiger partial charge on any atom is -0.331 e. The molecule has 1 aliphatic rings. The largest absolute Gasteiger partial charge is 0.331 e. The highest BCUT2D eigenvalue weighted by atomic mass is 35.5. The summed E-state index contributed by atoms with van der Waals surface area (Å²) in [5.41, 5.74) is 1.89. The number of pyridine rings is 1. The summed E-state index contributed by atoms with van der Waals surface area (Å²) < 4.78 is 0. The van der Waals surface area contributed by atoms with Crippen molar-refractivity contribution in [3.05, 3.63) is 60.4 Å². The third kappa shape index (κ3) is 4.02. The van der Waals surface area contributed by atoms with Crippen LogP contribution in [0, 0.1) is 0 Å². The Labute approximate surface area is 169 Å². The first-order chi connectivity index (χ1) is 13.2. The maximum atomic E-state index is 13.2. The van der Waals surface area contributed by atoms with Gasteiger partial charge in [-0.15, -0.1) is 22.6 Å². The molecule has 0 aliphatic carbocycles. The Hall–Kier alpha value is -2.84. The van der Waals surface area contributed by atoms with Gasteiger partial charge in [-0.1, -0.05) is 36.4 Å². The predicted molar refractivity (Wildman–Crippen MR) is 107 cm³/mol. The molecular formula is C19H22ClN7O. The summed E-state index contributed by atoms with van der Waals surface area (Å²) in [5, 5.41) is 16.0. The number of nitrogens with one attached hydrogen (secondary N) is 1. The molecule has 146 valence electrons. The van der Waals surface area contributed by atoms with Crippen molar-refractivity contribution in [1.82, 2.24) is 35.4 Å². The van der Waals surface area contributed by atoms with Crippen molar-refractivity contribution < 1.29 is 4.79 Å². The number of piperazine rings is 1. The zero-order valence-electron chi connectivity index (χ0n) is 15.5. The normalized spacial score (nSPS) is 17.6. The van der Waals surface area contributed by atoms with Gasteiger partial charge in [-0.3, -0.25) is 9.78 Å². The van der Waals surface area contributed by atoms with Crippen LogP contribution in [0.1, 0.15) is 24.6 Å². The van der Waals surface area contributed by atoms with Crippen molar-refractivity contribution in [2.75, 3.05) is 19.6 Å². The van der Waals surface area contributed by atoms with Crippen LogP contribution in [0.15, 0.2) is 54.9 Å². The first-order valence-corrected chi connectivity index (χ1v) is 9.00. The predicted octanol–water partition coefficient (Wildman–Crippen LogP) is 1.89. The van der Waals surface area contributed by atoms with E-state index in [-0.39, 0.29) is 24.4 Å². The lowest BCUT2D eigenvalue weighted by molar-refractivity contribution is -0.138. The van der Waals surface area contributed by atoms with Gasteiger partial charge in [-0.25, -0.2) is 0 Å². The van der Waals surface area contributed by atoms with Crippen molar-refractivity contribution in [3.8, 4) is 11.4 Å². The molecule has 28 heavy (non-hydrogen) atoms. The topological polar surface area (TPSA) is 88.8 Å². The molecular weight excluding hydrogens is 378 g/mol. The number of hydrogen-bond donors (Lipinski definition) is 1. The van der Waals surface area contributed by atoms with Gasteiger partial charge in [-0.05, 0) is 23.8 Å². The summed E-state index contributed by atoms with van der Waals surface area (Å²) in [5.74, 6) is 0.488. The number of halogens is 1. The van der Waals surface area contributed by atoms with Gasteiger partial charge in [0, 0.05) is 37.6 Å². The molecule has 1 aromatic carbocycles. The number of benzene rings is 1. The smallest absolute Gasteiger partial charge is 0.249 e. The van der Waals surface area contributed by atoms with Crippen LogP contribution in [0.3, 0.4) is 0 Å². The number of rotatable bonds is 4. The first-order valence-electron chi connectivity index (χ1n) is 9.00. The van der Waals surface area contributed by atoms with E-state index in [4.69, 9.17) is 0 Å². The van der Waals surface area contributed by atoms with Crippen LogP contribution in [0.5, 0.6) is 0 Å². The fourth-order valence-corrected chi connectivity index (χ4v) is 3.27. The van der Waals surface area contributed by atoms with Crippen molar-refractivity contribution in [1.29, 1.82) is 0 Å². The highest BCUT2D eigenvalue weighted by Gasteiger charge is 2.32. The summed E-state index contributed by atoms with van der Waals surface area (Å²) in [4.78, 5) is 20.6. The highest BCUT2D eigenvalue weighted by Crippen LogP contribution is 2.24. The molecule has 1 aliphatic heterocycles.